The molecule has 0 bridgehead atoms. The highest BCUT2D eigenvalue weighted by atomic mass is 15.2. The second-order valence-corrected chi connectivity index (χ2v) is 20.7. The van der Waals surface area contributed by atoms with Crippen molar-refractivity contribution in [2.75, 3.05) is 0 Å². The molecule has 0 atom stereocenters. The zero-order valence-corrected chi connectivity index (χ0v) is 40.4. The van der Waals surface area contributed by atoms with E-state index in [1.165, 1.54) is 115 Å². The van der Waals surface area contributed by atoms with Gasteiger partial charge in [0.25, 0.3) is 0 Å². The lowest BCUT2D eigenvalue weighted by molar-refractivity contribution is 0.795. The zero-order chi connectivity index (χ0) is 48.7. The van der Waals surface area contributed by atoms with Crippen LogP contribution < -0.4 is 0 Å². The molecule has 2 aliphatic carbocycles. The van der Waals surface area contributed by atoms with Gasteiger partial charge in [0.2, 0.25) is 5.95 Å². The zero-order valence-electron chi connectivity index (χ0n) is 40.4. The molecule has 0 fully saturated rings. The minimum absolute atomic E-state index is 0.482. The standard InChI is InChI=1S/C71H40N4/c1-2-18-42(19-3-1)74-61-34-14-8-22-45(61)53-38-41(36-37-63(53)74)69-49-24-7-13-33-60(49)72-70(73-69)75-62-35-15-9-25-50(62)68-52-29-17-27-47-46-26-16-28-51-65(46)54(55(66(47)52)40-64(68)75)39-59-67(51)48-23-6-12-32-58(48)71(59)56-30-10-4-20-43(56)44-21-5-11-31-57(44)71/h1-40H. The molecule has 0 aliphatic heterocycles. The second kappa shape index (κ2) is 14.2. The van der Waals surface area contributed by atoms with E-state index in [1.54, 1.807) is 0 Å². The van der Waals surface area contributed by atoms with E-state index in [2.05, 4.69) is 252 Å². The summed E-state index contributed by atoms with van der Waals surface area (Å²) in [5.41, 5.74) is 18.7. The highest BCUT2D eigenvalue weighted by Crippen LogP contribution is 2.65. The van der Waals surface area contributed by atoms with E-state index in [1.807, 2.05) is 0 Å². The number of fused-ring (bicyclic) bond motifs is 21. The maximum atomic E-state index is 5.71. The van der Waals surface area contributed by atoms with Gasteiger partial charge in [0, 0.05) is 38.2 Å². The molecule has 0 unspecified atom stereocenters. The topological polar surface area (TPSA) is 35.6 Å². The van der Waals surface area contributed by atoms with Crippen molar-refractivity contribution in [1.29, 1.82) is 0 Å². The van der Waals surface area contributed by atoms with Crippen LogP contribution in [-0.2, 0) is 5.41 Å². The van der Waals surface area contributed by atoms with E-state index >= 15 is 0 Å². The predicted octanol–water partition coefficient (Wildman–Crippen LogP) is 17.9. The molecule has 0 amide bonds. The van der Waals surface area contributed by atoms with E-state index in [0.29, 0.717) is 5.95 Å². The van der Waals surface area contributed by atoms with E-state index in [0.717, 1.165) is 44.4 Å². The molecule has 1 spiro atoms. The number of hydrogen-bond acceptors (Lipinski definition) is 2. The lowest BCUT2D eigenvalue weighted by atomic mass is 9.70. The van der Waals surface area contributed by atoms with Gasteiger partial charge in [-0.05, 0) is 142 Å². The minimum atomic E-state index is -0.482. The summed E-state index contributed by atoms with van der Waals surface area (Å²) in [5, 5.41) is 15.9. The molecule has 2 aliphatic rings. The van der Waals surface area contributed by atoms with Crippen molar-refractivity contribution in [1.82, 2.24) is 19.1 Å². The summed E-state index contributed by atoms with van der Waals surface area (Å²) in [5.74, 6) is 0.647. The first-order chi connectivity index (χ1) is 37.2. The molecular formula is C71H40N4. The normalized spacial score (nSPS) is 13.4. The van der Waals surface area contributed by atoms with Crippen LogP contribution in [0.15, 0.2) is 243 Å². The van der Waals surface area contributed by atoms with Gasteiger partial charge in [0.1, 0.15) is 0 Å². The highest BCUT2D eigenvalue weighted by molar-refractivity contribution is 6.39. The summed E-state index contributed by atoms with van der Waals surface area (Å²) in [7, 11) is 0. The molecule has 18 rings (SSSR count). The number of hydrogen-bond donors (Lipinski definition) is 0. The third kappa shape index (κ3) is 4.88. The molecule has 0 radical (unpaired) electrons. The first-order valence-corrected chi connectivity index (χ1v) is 26.0. The third-order valence-electron chi connectivity index (χ3n) is 17.2. The van der Waals surface area contributed by atoms with Gasteiger partial charge in [-0.15, -0.1) is 0 Å². The van der Waals surface area contributed by atoms with Crippen LogP contribution in [0.4, 0.5) is 0 Å². The summed E-state index contributed by atoms with van der Waals surface area (Å²) in [6.07, 6.45) is 0. The minimum Gasteiger partial charge on any atom is -0.309 e. The molecule has 0 saturated heterocycles. The van der Waals surface area contributed by atoms with E-state index < -0.39 is 5.41 Å². The molecule has 3 aromatic heterocycles. The summed E-state index contributed by atoms with van der Waals surface area (Å²) in [6.45, 7) is 0. The molecule has 13 aromatic carbocycles. The van der Waals surface area contributed by atoms with Gasteiger partial charge in [0.05, 0.1) is 38.7 Å². The maximum absolute atomic E-state index is 5.71. The maximum Gasteiger partial charge on any atom is 0.235 e. The van der Waals surface area contributed by atoms with Crippen molar-refractivity contribution in [2.24, 2.45) is 0 Å². The SMILES string of the molecule is c1ccc(-n2c3ccccc3c3cc(-c4nc(-n5c6ccccc6c6c7cccc8c9cccc%10c%11c(cc(c(cc65)c87)c%109)C5(c6ccccc6-c6ccccc65)c5ccccc5-%11)nc5ccccc45)ccc32)cc1. The van der Waals surface area contributed by atoms with Crippen molar-refractivity contribution >= 4 is 97.6 Å². The first kappa shape index (κ1) is 39.7. The Hall–Kier alpha value is -9.90. The van der Waals surface area contributed by atoms with E-state index in [-0.39, 0.29) is 0 Å². The molecule has 4 heteroatoms. The molecule has 16 aromatic rings. The van der Waals surface area contributed by atoms with Crippen LogP contribution in [0.3, 0.4) is 0 Å². The summed E-state index contributed by atoms with van der Waals surface area (Å²) < 4.78 is 4.71. The fourth-order valence-corrected chi connectivity index (χ4v) is 14.4. The van der Waals surface area contributed by atoms with Gasteiger partial charge in [-0.1, -0.05) is 188 Å². The third-order valence-corrected chi connectivity index (χ3v) is 17.2. The van der Waals surface area contributed by atoms with Crippen LogP contribution in [0.2, 0.25) is 0 Å². The molecule has 4 nitrogen and oxygen atoms in total. The Morgan fingerprint density at radius 2 is 0.840 bits per heavy atom. The Labute approximate surface area is 430 Å². The summed E-state index contributed by atoms with van der Waals surface area (Å²) in [6, 6.07) is 90.1. The fraction of sp³-hybridized carbons (Fsp3) is 0.0141. The average molecular weight is 949 g/mol. The van der Waals surface area contributed by atoms with Gasteiger partial charge < -0.3 is 4.57 Å². The Bertz CT molecular complexity index is 5150. The van der Waals surface area contributed by atoms with Gasteiger partial charge in [0.15, 0.2) is 0 Å². The average Bonchev–Trinajstić information content (AvgIpc) is 4.36. The smallest absolute Gasteiger partial charge is 0.235 e. The largest absolute Gasteiger partial charge is 0.309 e. The molecule has 75 heavy (non-hydrogen) atoms. The van der Waals surface area contributed by atoms with E-state index in [9.17, 15) is 0 Å². The Kier molecular flexibility index (Phi) is 7.51. The van der Waals surface area contributed by atoms with Crippen molar-refractivity contribution < 1.29 is 0 Å². The number of nitrogens with zero attached hydrogens (tertiary/aromatic N) is 4. The number of aromatic nitrogens is 4. The summed E-state index contributed by atoms with van der Waals surface area (Å²) in [4.78, 5) is 11.2. The number of rotatable bonds is 3. The quantitative estimate of drug-likeness (QED) is 0.131. The van der Waals surface area contributed by atoms with Crippen molar-refractivity contribution in [2.45, 2.75) is 5.41 Å². The second-order valence-electron chi connectivity index (χ2n) is 20.7. The van der Waals surface area contributed by atoms with Gasteiger partial charge >= 0.3 is 0 Å². The van der Waals surface area contributed by atoms with Crippen molar-refractivity contribution in [3.63, 3.8) is 0 Å². The Morgan fingerprint density at radius 1 is 0.293 bits per heavy atom. The molecule has 3 heterocycles. The lowest BCUT2D eigenvalue weighted by Crippen LogP contribution is -2.25. The lowest BCUT2D eigenvalue weighted by Gasteiger charge is -2.31. The fourth-order valence-electron chi connectivity index (χ4n) is 14.4. The molecule has 344 valence electrons. The van der Waals surface area contributed by atoms with Crippen LogP contribution >= 0.6 is 0 Å². The molecule has 0 N–H and O–H groups in total. The van der Waals surface area contributed by atoms with Gasteiger partial charge in [-0.2, -0.15) is 0 Å². The monoisotopic (exact) mass is 948 g/mol. The van der Waals surface area contributed by atoms with Crippen LogP contribution in [0.25, 0.3) is 143 Å². The highest BCUT2D eigenvalue weighted by Gasteiger charge is 2.52. The number of para-hydroxylation sites is 4. The van der Waals surface area contributed by atoms with Gasteiger partial charge in [-0.3, -0.25) is 4.57 Å². The molecule has 0 saturated carbocycles. The summed E-state index contributed by atoms with van der Waals surface area (Å²) >= 11 is 0. The van der Waals surface area contributed by atoms with Crippen molar-refractivity contribution in [3.05, 3.63) is 265 Å². The van der Waals surface area contributed by atoms with Crippen molar-refractivity contribution in [3.8, 4) is 45.1 Å². The van der Waals surface area contributed by atoms with E-state index in [4.69, 9.17) is 9.97 Å². The first-order valence-electron chi connectivity index (χ1n) is 26.0. The van der Waals surface area contributed by atoms with Gasteiger partial charge in [-0.25, -0.2) is 9.97 Å². The van der Waals surface area contributed by atoms with Crippen LogP contribution in [0, 0.1) is 0 Å². The predicted molar refractivity (Wildman–Crippen MR) is 311 cm³/mol. The Morgan fingerprint density at radius 3 is 1.60 bits per heavy atom. The van der Waals surface area contributed by atoms with Crippen LogP contribution in [0.5, 0.6) is 0 Å². The van der Waals surface area contributed by atoms with Crippen LogP contribution in [0.1, 0.15) is 22.3 Å². The Balaban J connectivity index is 0.955. The van der Waals surface area contributed by atoms with Crippen LogP contribution in [-0.4, -0.2) is 19.1 Å². The molecular weight excluding hydrogens is 909 g/mol. The number of benzene rings is 13.